The minimum Gasteiger partial charge on any atom is -0.496 e. The van der Waals surface area contributed by atoms with E-state index in [1.807, 2.05) is 18.2 Å². The van der Waals surface area contributed by atoms with Crippen LogP contribution in [0, 0.1) is 5.82 Å². The monoisotopic (exact) mass is 545 g/mol. The van der Waals surface area contributed by atoms with Gasteiger partial charge < -0.3 is 26.1 Å². The van der Waals surface area contributed by atoms with Crippen molar-refractivity contribution in [3.05, 3.63) is 93.6 Å². The number of pyridine rings is 1. The summed E-state index contributed by atoms with van der Waals surface area (Å²) in [5, 5.41) is 6.65. The first-order chi connectivity index (χ1) is 17.4. The second kappa shape index (κ2) is 12.5. The zero-order chi connectivity index (χ0) is 25.7. The Morgan fingerprint density at radius 1 is 1.11 bits per heavy atom. The number of hydrogen-bond donors (Lipinski definition) is 4. The molecule has 0 radical (unpaired) electrons. The van der Waals surface area contributed by atoms with E-state index >= 15 is 0 Å². The highest BCUT2D eigenvalue weighted by molar-refractivity contribution is 6.35. The summed E-state index contributed by atoms with van der Waals surface area (Å²) in [7, 11) is 1.56. The first-order valence-corrected chi connectivity index (χ1v) is 11.6. The number of hydrogen-bond acceptors (Lipinski definition) is 5. The standard InChI is InChI=1S/C26H25ClFN5O3.ClH/c1-36-24-7-15(2-3-17(24)12-32-25(34)11-29)6-19-8-16(4-5-30-19)26(35)33-13-18-9-20-21(27)14-31-23(20)10-22(18)28;/h2-5,7-10,14,31H,6,11-13,29H2,1H3,(H,32,34)(H,33,35);1H. The molecule has 2 heterocycles. The normalized spacial score (nSPS) is 10.6. The Bertz CT molecular complexity index is 1430. The number of rotatable bonds is 9. The van der Waals surface area contributed by atoms with Gasteiger partial charge in [0.15, 0.2) is 0 Å². The largest absolute Gasteiger partial charge is 0.496 e. The predicted molar refractivity (Wildman–Crippen MR) is 143 cm³/mol. The van der Waals surface area contributed by atoms with E-state index in [1.54, 1.807) is 37.7 Å². The van der Waals surface area contributed by atoms with Crippen molar-refractivity contribution < 1.29 is 18.7 Å². The van der Waals surface area contributed by atoms with Crippen molar-refractivity contribution >= 4 is 46.7 Å². The molecule has 8 nitrogen and oxygen atoms in total. The number of carbonyl (C=O) groups excluding carboxylic acids is 2. The molecule has 2 amide bonds. The number of nitrogens with zero attached hydrogens (tertiary/aromatic N) is 1. The molecule has 11 heteroatoms. The third-order valence-corrected chi connectivity index (χ3v) is 6.03. The SMILES string of the molecule is COc1cc(Cc2cc(C(=O)NCc3cc4c(Cl)c[nH]c4cc3F)ccn2)ccc1CNC(=O)CN.Cl. The van der Waals surface area contributed by atoms with Gasteiger partial charge in [0, 0.05) is 65.2 Å². The third kappa shape index (κ3) is 6.76. The van der Waals surface area contributed by atoms with Gasteiger partial charge in [0.2, 0.25) is 5.91 Å². The molecule has 0 aliphatic carbocycles. The smallest absolute Gasteiger partial charge is 0.251 e. The molecule has 0 fully saturated rings. The number of fused-ring (bicyclic) bond motifs is 1. The molecule has 2 aromatic carbocycles. The Morgan fingerprint density at radius 3 is 2.65 bits per heavy atom. The lowest BCUT2D eigenvalue weighted by molar-refractivity contribution is -0.119. The van der Waals surface area contributed by atoms with Crippen LogP contribution in [-0.2, 0) is 24.3 Å². The van der Waals surface area contributed by atoms with Crippen LogP contribution in [0.3, 0.4) is 0 Å². The summed E-state index contributed by atoms with van der Waals surface area (Å²) in [6, 6.07) is 11.9. The van der Waals surface area contributed by atoms with Crippen LogP contribution in [0.1, 0.15) is 32.7 Å². The fraction of sp³-hybridized carbons (Fsp3) is 0.192. The summed E-state index contributed by atoms with van der Waals surface area (Å²) < 4.78 is 19.9. The maximum Gasteiger partial charge on any atom is 0.251 e. The number of halogens is 3. The number of nitrogens with one attached hydrogen (secondary N) is 3. The van der Waals surface area contributed by atoms with Gasteiger partial charge in [-0.3, -0.25) is 14.6 Å². The molecule has 0 unspecified atom stereocenters. The van der Waals surface area contributed by atoms with Crippen molar-refractivity contribution in [2.24, 2.45) is 5.73 Å². The van der Waals surface area contributed by atoms with Gasteiger partial charge in [-0.15, -0.1) is 12.4 Å². The molecule has 0 saturated heterocycles. The summed E-state index contributed by atoms with van der Waals surface area (Å²) in [6.45, 7) is 0.234. The minimum atomic E-state index is -0.434. The Labute approximate surface area is 224 Å². The van der Waals surface area contributed by atoms with E-state index in [9.17, 15) is 14.0 Å². The van der Waals surface area contributed by atoms with E-state index in [2.05, 4.69) is 20.6 Å². The molecule has 0 aliphatic rings. The molecule has 0 bridgehead atoms. The van der Waals surface area contributed by atoms with Crippen molar-refractivity contribution in [3.8, 4) is 5.75 Å². The number of methoxy groups -OCH3 is 1. The van der Waals surface area contributed by atoms with Gasteiger partial charge in [0.1, 0.15) is 11.6 Å². The average Bonchev–Trinajstić information content (AvgIpc) is 3.25. The van der Waals surface area contributed by atoms with Crippen molar-refractivity contribution in [1.82, 2.24) is 20.6 Å². The first kappa shape index (κ1) is 27.9. The molecule has 2 aromatic heterocycles. The summed E-state index contributed by atoms with van der Waals surface area (Å²) in [5.41, 5.74) is 9.08. The second-order valence-corrected chi connectivity index (χ2v) is 8.56. The van der Waals surface area contributed by atoms with Crippen LogP contribution in [0.15, 0.2) is 54.9 Å². The van der Waals surface area contributed by atoms with Crippen molar-refractivity contribution in [1.29, 1.82) is 0 Å². The number of aromatic nitrogens is 2. The number of amides is 2. The molecule has 37 heavy (non-hydrogen) atoms. The minimum absolute atomic E-state index is 0. The Balaban J connectivity index is 0.00000380. The van der Waals surface area contributed by atoms with Gasteiger partial charge >= 0.3 is 0 Å². The first-order valence-electron chi connectivity index (χ1n) is 11.2. The van der Waals surface area contributed by atoms with Crippen LogP contribution in [0.25, 0.3) is 10.9 Å². The third-order valence-electron chi connectivity index (χ3n) is 5.71. The van der Waals surface area contributed by atoms with Crippen LogP contribution in [0.5, 0.6) is 5.75 Å². The van der Waals surface area contributed by atoms with Gasteiger partial charge in [-0.05, 0) is 35.9 Å². The predicted octanol–water partition coefficient (Wildman–Crippen LogP) is 3.88. The zero-order valence-electron chi connectivity index (χ0n) is 19.9. The van der Waals surface area contributed by atoms with E-state index in [4.69, 9.17) is 22.1 Å². The second-order valence-electron chi connectivity index (χ2n) is 8.15. The highest BCUT2D eigenvalue weighted by Gasteiger charge is 2.13. The Hall–Kier alpha value is -3.66. The van der Waals surface area contributed by atoms with Crippen LogP contribution in [0.4, 0.5) is 4.39 Å². The van der Waals surface area contributed by atoms with Crippen molar-refractivity contribution in [2.75, 3.05) is 13.7 Å². The van der Waals surface area contributed by atoms with Crippen LogP contribution < -0.4 is 21.1 Å². The number of benzene rings is 2. The highest BCUT2D eigenvalue weighted by Crippen LogP contribution is 2.26. The molecular formula is C26H26Cl2FN5O3. The Kier molecular flexibility index (Phi) is 9.46. The lowest BCUT2D eigenvalue weighted by Gasteiger charge is -2.12. The van der Waals surface area contributed by atoms with Gasteiger partial charge in [-0.25, -0.2) is 4.39 Å². The molecule has 0 saturated carbocycles. The summed E-state index contributed by atoms with van der Waals surface area (Å²) in [5.74, 6) is -0.407. The van der Waals surface area contributed by atoms with Crippen molar-refractivity contribution in [3.63, 3.8) is 0 Å². The zero-order valence-corrected chi connectivity index (χ0v) is 21.5. The molecule has 0 aliphatic heterocycles. The van der Waals surface area contributed by atoms with Gasteiger partial charge in [0.05, 0.1) is 18.7 Å². The molecule has 194 valence electrons. The fourth-order valence-electron chi connectivity index (χ4n) is 3.80. The van der Waals surface area contributed by atoms with E-state index in [0.29, 0.717) is 51.5 Å². The topological polar surface area (TPSA) is 122 Å². The molecule has 0 atom stereocenters. The van der Waals surface area contributed by atoms with E-state index in [-0.39, 0.29) is 37.3 Å². The molecule has 4 rings (SSSR count). The summed E-state index contributed by atoms with van der Waals surface area (Å²) >= 11 is 6.12. The Morgan fingerprint density at radius 2 is 1.89 bits per heavy atom. The maximum atomic E-state index is 14.4. The lowest BCUT2D eigenvalue weighted by Crippen LogP contribution is -2.29. The average molecular weight is 546 g/mol. The molecule has 4 aromatic rings. The summed E-state index contributed by atoms with van der Waals surface area (Å²) in [4.78, 5) is 31.5. The number of ether oxygens (including phenoxy) is 1. The maximum absolute atomic E-state index is 14.4. The fourth-order valence-corrected chi connectivity index (χ4v) is 4.01. The van der Waals surface area contributed by atoms with E-state index in [0.717, 1.165) is 11.1 Å². The van der Waals surface area contributed by atoms with Gasteiger partial charge in [-0.2, -0.15) is 0 Å². The number of carbonyl (C=O) groups is 2. The van der Waals surface area contributed by atoms with Gasteiger partial charge in [0.25, 0.3) is 5.91 Å². The number of aromatic amines is 1. The van der Waals surface area contributed by atoms with E-state index < -0.39 is 5.82 Å². The van der Waals surface area contributed by atoms with Gasteiger partial charge in [-0.1, -0.05) is 23.7 Å². The number of H-pyrrole nitrogens is 1. The van der Waals surface area contributed by atoms with E-state index in [1.165, 1.54) is 6.07 Å². The molecule has 0 spiro atoms. The molecule has 5 N–H and O–H groups in total. The van der Waals surface area contributed by atoms with Crippen LogP contribution in [-0.4, -0.2) is 35.4 Å². The summed E-state index contributed by atoms with van der Waals surface area (Å²) in [6.07, 6.45) is 3.62. The lowest BCUT2D eigenvalue weighted by atomic mass is 10.0. The highest BCUT2D eigenvalue weighted by atomic mass is 35.5. The van der Waals surface area contributed by atoms with Crippen LogP contribution >= 0.6 is 24.0 Å². The van der Waals surface area contributed by atoms with Crippen LogP contribution in [0.2, 0.25) is 5.02 Å². The number of nitrogens with two attached hydrogens (primary N) is 1. The quantitative estimate of drug-likeness (QED) is 0.254. The van der Waals surface area contributed by atoms with Crippen molar-refractivity contribution in [2.45, 2.75) is 19.5 Å². The molecular weight excluding hydrogens is 520 g/mol.